The molecule has 1 N–H and O–H groups in total. The molecule has 1 amide bonds. The molecule has 6 nitrogen and oxygen atoms in total. The second kappa shape index (κ2) is 6.65. The minimum atomic E-state index is -0.554. The van der Waals surface area contributed by atoms with Gasteiger partial charge in [-0.15, -0.1) is 0 Å². The SMILES string of the molecule is COc1cccc([C@@H]2C[C@@H](O)CN2C(=O)c2cc(C(C)C)on2)c1. The van der Waals surface area contributed by atoms with Crippen LogP contribution in [0.1, 0.15) is 54.0 Å². The lowest BCUT2D eigenvalue weighted by Crippen LogP contribution is -2.32. The smallest absolute Gasteiger partial charge is 0.276 e. The van der Waals surface area contributed by atoms with E-state index in [1.54, 1.807) is 18.1 Å². The Kier molecular flexibility index (Phi) is 4.57. The first-order chi connectivity index (χ1) is 11.5. The van der Waals surface area contributed by atoms with Gasteiger partial charge in [0.1, 0.15) is 11.5 Å². The van der Waals surface area contributed by atoms with Crippen molar-refractivity contribution in [3.63, 3.8) is 0 Å². The fourth-order valence-corrected chi connectivity index (χ4v) is 3.01. The van der Waals surface area contributed by atoms with Crippen LogP contribution in [0.3, 0.4) is 0 Å². The molecule has 1 aliphatic rings. The minimum Gasteiger partial charge on any atom is -0.497 e. The zero-order valence-electron chi connectivity index (χ0n) is 14.1. The monoisotopic (exact) mass is 330 g/mol. The van der Waals surface area contributed by atoms with Crippen molar-refractivity contribution in [3.8, 4) is 5.75 Å². The molecule has 1 saturated heterocycles. The molecule has 1 fully saturated rings. The predicted octanol–water partition coefficient (Wildman–Crippen LogP) is 2.75. The van der Waals surface area contributed by atoms with Gasteiger partial charge in [-0.1, -0.05) is 31.1 Å². The number of likely N-dealkylation sites (tertiary alicyclic amines) is 1. The lowest BCUT2D eigenvalue weighted by molar-refractivity contribution is 0.0705. The molecule has 6 heteroatoms. The first kappa shape index (κ1) is 16.5. The summed E-state index contributed by atoms with van der Waals surface area (Å²) in [6.07, 6.45) is -0.0602. The summed E-state index contributed by atoms with van der Waals surface area (Å²) in [5.74, 6) is 1.34. The molecule has 128 valence electrons. The van der Waals surface area contributed by atoms with Gasteiger partial charge in [-0.05, 0) is 24.1 Å². The lowest BCUT2D eigenvalue weighted by Gasteiger charge is -2.24. The molecule has 2 aromatic rings. The number of nitrogens with zero attached hydrogens (tertiary/aromatic N) is 2. The van der Waals surface area contributed by atoms with E-state index in [1.165, 1.54) is 0 Å². The Morgan fingerprint density at radius 1 is 1.42 bits per heavy atom. The topological polar surface area (TPSA) is 75.8 Å². The zero-order valence-corrected chi connectivity index (χ0v) is 14.1. The Labute approximate surface area is 141 Å². The fourth-order valence-electron chi connectivity index (χ4n) is 3.01. The molecule has 2 atom stereocenters. The van der Waals surface area contributed by atoms with E-state index in [1.807, 2.05) is 38.1 Å². The van der Waals surface area contributed by atoms with Crippen LogP contribution in [0.25, 0.3) is 0 Å². The van der Waals surface area contributed by atoms with Crippen LogP contribution in [0.4, 0.5) is 0 Å². The third kappa shape index (κ3) is 3.14. The molecule has 1 aromatic carbocycles. The standard InChI is InChI=1S/C18H22N2O4/c1-11(2)17-9-15(19-24-17)18(22)20-10-13(21)8-16(20)12-5-4-6-14(7-12)23-3/h4-7,9,11,13,16,21H,8,10H2,1-3H3/t13-,16+/m1/s1. The number of aliphatic hydroxyl groups is 1. The Balaban J connectivity index is 1.87. The Hall–Kier alpha value is -2.34. The van der Waals surface area contributed by atoms with Crippen LogP contribution in [0.2, 0.25) is 0 Å². The van der Waals surface area contributed by atoms with Gasteiger partial charge in [-0.3, -0.25) is 4.79 Å². The minimum absolute atomic E-state index is 0.164. The number of aromatic nitrogens is 1. The van der Waals surface area contributed by atoms with Crippen molar-refractivity contribution in [1.29, 1.82) is 0 Å². The molecule has 3 rings (SSSR count). The highest BCUT2D eigenvalue weighted by molar-refractivity contribution is 5.92. The number of benzene rings is 1. The largest absolute Gasteiger partial charge is 0.497 e. The van der Waals surface area contributed by atoms with Crippen LogP contribution in [-0.4, -0.2) is 40.8 Å². The summed E-state index contributed by atoms with van der Waals surface area (Å²) in [5, 5.41) is 14.0. The number of β-amino-alcohol motifs (C(OH)–C–C–N with tert-alkyl or cyclic N) is 1. The van der Waals surface area contributed by atoms with E-state index in [0.29, 0.717) is 12.2 Å². The van der Waals surface area contributed by atoms with Crippen molar-refractivity contribution >= 4 is 5.91 Å². The number of carbonyl (C=O) groups excluding carboxylic acids is 1. The predicted molar refractivity (Wildman–Crippen MR) is 88.0 cm³/mol. The summed E-state index contributed by atoms with van der Waals surface area (Å²) in [5.41, 5.74) is 1.22. The van der Waals surface area contributed by atoms with E-state index >= 15 is 0 Å². The van der Waals surface area contributed by atoms with Gasteiger partial charge in [-0.2, -0.15) is 0 Å². The summed E-state index contributed by atoms with van der Waals surface area (Å²) in [6, 6.07) is 9.04. The number of rotatable bonds is 4. The van der Waals surface area contributed by atoms with E-state index in [-0.39, 0.29) is 30.1 Å². The fraction of sp³-hybridized carbons (Fsp3) is 0.444. The van der Waals surface area contributed by atoms with Crippen LogP contribution >= 0.6 is 0 Å². The number of aliphatic hydroxyl groups excluding tert-OH is 1. The second-order valence-corrected chi connectivity index (χ2v) is 6.41. The third-order valence-electron chi connectivity index (χ3n) is 4.33. The summed E-state index contributed by atoms with van der Waals surface area (Å²) in [6.45, 7) is 4.24. The van der Waals surface area contributed by atoms with Gasteiger partial charge in [0.15, 0.2) is 5.69 Å². The van der Waals surface area contributed by atoms with Crippen molar-refractivity contribution in [2.24, 2.45) is 0 Å². The van der Waals surface area contributed by atoms with Gasteiger partial charge in [0.2, 0.25) is 0 Å². The quantitative estimate of drug-likeness (QED) is 0.933. The number of ether oxygens (including phenoxy) is 1. The van der Waals surface area contributed by atoms with Gasteiger partial charge in [0.25, 0.3) is 5.91 Å². The van der Waals surface area contributed by atoms with E-state index in [2.05, 4.69) is 5.16 Å². The molecule has 0 bridgehead atoms. The molecule has 0 aliphatic carbocycles. The van der Waals surface area contributed by atoms with Crippen LogP contribution in [-0.2, 0) is 0 Å². The average molecular weight is 330 g/mol. The number of hydrogen-bond donors (Lipinski definition) is 1. The van der Waals surface area contributed by atoms with Crippen molar-refractivity contribution < 1.29 is 19.2 Å². The Morgan fingerprint density at radius 2 is 2.21 bits per heavy atom. The number of amides is 1. The second-order valence-electron chi connectivity index (χ2n) is 6.41. The highest BCUT2D eigenvalue weighted by Crippen LogP contribution is 2.34. The van der Waals surface area contributed by atoms with Gasteiger partial charge in [0.05, 0.1) is 19.3 Å². The zero-order chi connectivity index (χ0) is 17.3. The molecular weight excluding hydrogens is 308 g/mol. The summed E-state index contributed by atoms with van der Waals surface area (Å²) >= 11 is 0. The number of carbonyl (C=O) groups is 1. The Bertz CT molecular complexity index is 725. The molecule has 2 heterocycles. The molecule has 0 spiro atoms. The van der Waals surface area contributed by atoms with E-state index in [9.17, 15) is 9.90 Å². The molecular formula is C18H22N2O4. The lowest BCUT2D eigenvalue weighted by atomic mass is 10.0. The highest BCUT2D eigenvalue weighted by Gasteiger charge is 2.37. The van der Waals surface area contributed by atoms with E-state index in [4.69, 9.17) is 9.26 Å². The number of methoxy groups -OCH3 is 1. The van der Waals surface area contributed by atoms with Crippen molar-refractivity contribution in [2.75, 3.05) is 13.7 Å². The maximum atomic E-state index is 12.8. The van der Waals surface area contributed by atoms with Crippen LogP contribution in [0.5, 0.6) is 5.75 Å². The molecule has 1 aromatic heterocycles. The summed E-state index contributed by atoms with van der Waals surface area (Å²) in [4.78, 5) is 14.5. The maximum Gasteiger partial charge on any atom is 0.276 e. The highest BCUT2D eigenvalue weighted by atomic mass is 16.5. The van der Waals surface area contributed by atoms with Crippen molar-refractivity contribution in [1.82, 2.24) is 10.1 Å². The molecule has 24 heavy (non-hydrogen) atoms. The first-order valence-corrected chi connectivity index (χ1v) is 8.09. The van der Waals surface area contributed by atoms with Gasteiger partial charge < -0.3 is 19.3 Å². The summed E-state index contributed by atoms with van der Waals surface area (Å²) < 4.78 is 10.5. The third-order valence-corrected chi connectivity index (χ3v) is 4.33. The van der Waals surface area contributed by atoms with Crippen LogP contribution in [0.15, 0.2) is 34.9 Å². The maximum absolute atomic E-state index is 12.8. The normalized spacial score (nSPS) is 20.6. The summed E-state index contributed by atoms with van der Waals surface area (Å²) in [7, 11) is 1.61. The molecule has 0 saturated carbocycles. The number of hydrogen-bond acceptors (Lipinski definition) is 5. The Morgan fingerprint density at radius 3 is 2.88 bits per heavy atom. The van der Waals surface area contributed by atoms with Gasteiger partial charge >= 0.3 is 0 Å². The van der Waals surface area contributed by atoms with Gasteiger partial charge in [0, 0.05) is 18.5 Å². The molecule has 1 aliphatic heterocycles. The van der Waals surface area contributed by atoms with Gasteiger partial charge in [-0.25, -0.2) is 0 Å². The average Bonchev–Trinajstić information content (AvgIpc) is 3.21. The van der Waals surface area contributed by atoms with Crippen molar-refractivity contribution in [3.05, 3.63) is 47.3 Å². The molecule has 0 unspecified atom stereocenters. The van der Waals surface area contributed by atoms with E-state index < -0.39 is 6.10 Å². The van der Waals surface area contributed by atoms with Crippen LogP contribution in [0, 0.1) is 0 Å². The molecule has 0 radical (unpaired) electrons. The first-order valence-electron chi connectivity index (χ1n) is 8.09. The van der Waals surface area contributed by atoms with E-state index in [0.717, 1.165) is 11.3 Å². The van der Waals surface area contributed by atoms with Crippen molar-refractivity contribution in [2.45, 2.75) is 38.3 Å². The van der Waals surface area contributed by atoms with Crippen LogP contribution < -0.4 is 4.74 Å².